The average Bonchev–Trinajstić information content (AvgIpc) is 2.85. The molecule has 14 heteroatoms. The van der Waals surface area contributed by atoms with E-state index in [4.69, 9.17) is 22.9 Å². The van der Waals surface area contributed by atoms with Gasteiger partial charge in [0.2, 0.25) is 17.7 Å². The molecule has 13 nitrogen and oxygen atoms in total. The van der Waals surface area contributed by atoms with Crippen LogP contribution in [0.3, 0.4) is 0 Å². The van der Waals surface area contributed by atoms with Crippen molar-refractivity contribution in [3.63, 3.8) is 0 Å². The van der Waals surface area contributed by atoms with E-state index in [0.29, 0.717) is 38.0 Å². The number of amides is 3. The van der Waals surface area contributed by atoms with Gasteiger partial charge in [0.15, 0.2) is 5.96 Å². The van der Waals surface area contributed by atoms with E-state index in [1.807, 2.05) is 13.2 Å². The van der Waals surface area contributed by atoms with E-state index < -0.39 is 47.9 Å². The third-order valence-corrected chi connectivity index (χ3v) is 6.55. The summed E-state index contributed by atoms with van der Waals surface area (Å²) in [5, 5.41) is 17.4. The first kappa shape index (κ1) is 34.4. The zero-order valence-electron chi connectivity index (χ0n) is 22.2. The number of aliphatic carboxylic acids is 1. The maximum Gasteiger partial charge on any atom is 0.326 e. The molecule has 37 heavy (non-hydrogen) atoms. The molecule has 5 atom stereocenters. The molecule has 0 saturated heterocycles. The molecule has 0 bridgehead atoms. The van der Waals surface area contributed by atoms with Crippen LogP contribution in [0.2, 0.25) is 0 Å². The molecule has 5 unspecified atom stereocenters. The molecule has 0 radical (unpaired) electrons. The minimum Gasteiger partial charge on any atom is -0.480 e. The van der Waals surface area contributed by atoms with Crippen molar-refractivity contribution in [3.8, 4) is 0 Å². The van der Waals surface area contributed by atoms with E-state index in [9.17, 15) is 24.3 Å². The lowest BCUT2D eigenvalue weighted by Crippen LogP contribution is -2.58. The number of carboxylic acids is 1. The number of guanidine groups is 1. The Morgan fingerprint density at radius 3 is 2.11 bits per heavy atom. The van der Waals surface area contributed by atoms with Gasteiger partial charge < -0.3 is 44.0 Å². The highest BCUT2D eigenvalue weighted by Crippen LogP contribution is 2.11. The molecule has 0 heterocycles. The van der Waals surface area contributed by atoms with Gasteiger partial charge in [-0.1, -0.05) is 26.7 Å². The second kappa shape index (κ2) is 19.5. The predicted octanol–water partition coefficient (Wildman–Crippen LogP) is -1.17. The number of unbranched alkanes of at least 4 members (excludes halogenated alkanes) is 1. The Bertz CT molecular complexity index is 751. The number of nitrogens with zero attached hydrogens (tertiary/aromatic N) is 1. The number of carbonyl (C=O) groups excluding carboxylic acids is 3. The third kappa shape index (κ3) is 14.7. The number of carbonyl (C=O) groups is 4. The third-order valence-electron chi connectivity index (χ3n) is 5.90. The van der Waals surface area contributed by atoms with Gasteiger partial charge >= 0.3 is 5.97 Å². The summed E-state index contributed by atoms with van der Waals surface area (Å²) in [6.07, 6.45) is 5.03. The standard InChI is InChI=1S/C23H46N8O5S/c1-4-14(2)18(21(34)30-17(22(35)36)10-13-37-3)31-20(33)16(9-7-12-28-23(26)27)29-19(32)15(25)8-5-6-11-24/h14-18H,4-13,24-25H2,1-3H3,(H,29,32)(H,30,34)(H,31,33)(H,35,36)(H4,26,27,28). The van der Waals surface area contributed by atoms with Crippen LogP contribution >= 0.6 is 11.8 Å². The summed E-state index contributed by atoms with van der Waals surface area (Å²) in [5.74, 6) is -2.65. The molecule has 0 aliphatic carbocycles. The topological polar surface area (TPSA) is 241 Å². The fourth-order valence-electron chi connectivity index (χ4n) is 3.40. The summed E-state index contributed by atoms with van der Waals surface area (Å²) in [6.45, 7) is 4.37. The van der Waals surface area contributed by atoms with Crippen molar-refractivity contribution in [3.05, 3.63) is 0 Å². The average molecular weight is 547 g/mol. The highest BCUT2D eigenvalue weighted by atomic mass is 32.2. The number of hydrogen-bond donors (Lipinski definition) is 8. The maximum absolute atomic E-state index is 13.2. The Balaban J connectivity index is 5.58. The molecule has 0 saturated carbocycles. The molecular formula is C23H46N8O5S. The van der Waals surface area contributed by atoms with Crippen LogP contribution in [-0.4, -0.2) is 84.0 Å². The van der Waals surface area contributed by atoms with Crippen molar-refractivity contribution in [1.29, 1.82) is 0 Å². The van der Waals surface area contributed by atoms with E-state index in [1.165, 1.54) is 11.8 Å². The molecule has 0 aliphatic rings. The molecule has 0 fully saturated rings. The first-order chi connectivity index (χ1) is 17.5. The maximum atomic E-state index is 13.2. The van der Waals surface area contributed by atoms with E-state index in [1.54, 1.807) is 6.92 Å². The van der Waals surface area contributed by atoms with Crippen LogP contribution in [0.5, 0.6) is 0 Å². The number of rotatable bonds is 20. The van der Waals surface area contributed by atoms with Crippen LogP contribution in [0, 0.1) is 5.92 Å². The van der Waals surface area contributed by atoms with Crippen LogP contribution in [0.15, 0.2) is 4.99 Å². The lowest BCUT2D eigenvalue weighted by molar-refractivity contribution is -0.142. The minimum absolute atomic E-state index is 0.0880. The highest BCUT2D eigenvalue weighted by Gasteiger charge is 2.32. The van der Waals surface area contributed by atoms with Crippen LogP contribution in [0.4, 0.5) is 0 Å². The molecule has 12 N–H and O–H groups in total. The molecule has 214 valence electrons. The number of hydrogen-bond acceptors (Lipinski definition) is 8. The summed E-state index contributed by atoms with van der Waals surface area (Å²) >= 11 is 1.47. The second-order valence-corrected chi connectivity index (χ2v) is 9.94. The van der Waals surface area contributed by atoms with Gasteiger partial charge in [0.25, 0.3) is 0 Å². The summed E-state index contributed by atoms with van der Waals surface area (Å²) < 4.78 is 0. The number of nitrogens with one attached hydrogen (secondary N) is 3. The fraction of sp³-hybridized carbons (Fsp3) is 0.783. The Labute approximate surface area is 223 Å². The van der Waals surface area contributed by atoms with Gasteiger partial charge in [-0.05, 0) is 56.6 Å². The van der Waals surface area contributed by atoms with Crippen molar-refractivity contribution in [2.24, 2.45) is 33.8 Å². The van der Waals surface area contributed by atoms with E-state index >= 15 is 0 Å². The molecule has 0 aromatic heterocycles. The van der Waals surface area contributed by atoms with Crippen molar-refractivity contribution in [1.82, 2.24) is 16.0 Å². The molecule has 0 rings (SSSR count). The summed E-state index contributed by atoms with van der Waals surface area (Å²) in [7, 11) is 0. The van der Waals surface area contributed by atoms with Crippen molar-refractivity contribution >= 4 is 41.4 Å². The van der Waals surface area contributed by atoms with Gasteiger partial charge in [-0.15, -0.1) is 0 Å². The zero-order valence-corrected chi connectivity index (χ0v) is 23.0. The Kier molecular flexibility index (Phi) is 18.2. The minimum atomic E-state index is -1.15. The molecule has 0 aliphatic heterocycles. The van der Waals surface area contributed by atoms with Gasteiger partial charge in [-0.2, -0.15) is 11.8 Å². The van der Waals surface area contributed by atoms with Gasteiger partial charge in [0.1, 0.15) is 18.1 Å². The van der Waals surface area contributed by atoms with Gasteiger partial charge in [0.05, 0.1) is 6.04 Å². The predicted molar refractivity (Wildman–Crippen MR) is 147 cm³/mol. The Hall–Kier alpha value is -2.58. The molecule has 3 amide bonds. The van der Waals surface area contributed by atoms with Gasteiger partial charge in [-0.25, -0.2) is 4.79 Å². The SMILES string of the molecule is CCC(C)C(NC(=O)C(CCCN=C(N)N)NC(=O)C(N)CCCCN)C(=O)NC(CCSC)C(=O)O. The van der Waals surface area contributed by atoms with Crippen molar-refractivity contribution in [2.75, 3.05) is 25.1 Å². The van der Waals surface area contributed by atoms with Gasteiger partial charge in [-0.3, -0.25) is 19.4 Å². The Morgan fingerprint density at radius 2 is 1.57 bits per heavy atom. The second-order valence-electron chi connectivity index (χ2n) is 8.95. The lowest BCUT2D eigenvalue weighted by Gasteiger charge is -2.28. The quantitative estimate of drug-likeness (QED) is 0.0517. The monoisotopic (exact) mass is 546 g/mol. The molecule has 0 aromatic rings. The normalized spacial score (nSPS) is 14.9. The fourth-order valence-corrected chi connectivity index (χ4v) is 3.87. The highest BCUT2D eigenvalue weighted by molar-refractivity contribution is 7.98. The number of carboxylic acid groups (broad SMARTS) is 1. The van der Waals surface area contributed by atoms with E-state index in [2.05, 4.69) is 20.9 Å². The molecular weight excluding hydrogens is 500 g/mol. The molecule has 0 spiro atoms. The first-order valence-corrected chi connectivity index (χ1v) is 14.0. The lowest BCUT2D eigenvalue weighted by atomic mass is 9.97. The van der Waals surface area contributed by atoms with E-state index in [0.717, 1.165) is 6.42 Å². The number of nitrogens with two attached hydrogens (primary N) is 4. The van der Waals surface area contributed by atoms with Crippen LogP contribution in [0.25, 0.3) is 0 Å². The summed E-state index contributed by atoms with van der Waals surface area (Å²) in [5.41, 5.74) is 22.2. The summed E-state index contributed by atoms with van der Waals surface area (Å²) in [6, 6.07) is -3.89. The number of thioether (sulfide) groups is 1. The zero-order chi connectivity index (χ0) is 28.4. The van der Waals surface area contributed by atoms with Crippen molar-refractivity contribution < 1.29 is 24.3 Å². The molecule has 0 aromatic carbocycles. The Morgan fingerprint density at radius 1 is 0.919 bits per heavy atom. The van der Waals surface area contributed by atoms with Crippen molar-refractivity contribution in [2.45, 2.75) is 83.0 Å². The summed E-state index contributed by atoms with van der Waals surface area (Å²) in [4.78, 5) is 54.4. The van der Waals surface area contributed by atoms with Gasteiger partial charge in [0, 0.05) is 6.54 Å². The van der Waals surface area contributed by atoms with Crippen LogP contribution < -0.4 is 38.9 Å². The van der Waals surface area contributed by atoms with Crippen LogP contribution in [0.1, 0.15) is 58.8 Å². The van der Waals surface area contributed by atoms with E-state index in [-0.39, 0.29) is 31.3 Å². The largest absolute Gasteiger partial charge is 0.480 e. The smallest absolute Gasteiger partial charge is 0.326 e. The first-order valence-electron chi connectivity index (χ1n) is 12.6. The van der Waals surface area contributed by atoms with Crippen LogP contribution in [-0.2, 0) is 19.2 Å². The number of aliphatic imine (C=N–C) groups is 1.